The lowest BCUT2D eigenvalue weighted by Gasteiger charge is -2.36. The molecule has 0 aromatic heterocycles. The number of rotatable bonds is 2. The summed E-state index contributed by atoms with van der Waals surface area (Å²) >= 11 is 0. The van der Waals surface area contributed by atoms with Gasteiger partial charge < -0.3 is 19.4 Å². The molecule has 0 bridgehead atoms. The summed E-state index contributed by atoms with van der Waals surface area (Å²) in [6.07, 6.45) is 1.83. The second-order valence-electron chi connectivity index (χ2n) is 7.24. The van der Waals surface area contributed by atoms with Crippen LogP contribution in [-0.4, -0.2) is 78.1 Å². The van der Waals surface area contributed by atoms with Crippen LogP contribution in [0, 0.1) is 6.92 Å². The number of hydrogen-bond donors (Lipinski definition) is 0. The van der Waals surface area contributed by atoms with Crippen LogP contribution in [0.1, 0.15) is 28.8 Å². The van der Waals surface area contributed by atoms with Crippen molar-refractivity contribution in [2.45, 2.75) is 31.8 Å². The number of carbonyl (C=O) groups excluding carboxylic acids is 2. The molecule has 0 saturated carbocycles. The Labute approximate surface area is 148 Å². The topological polar surface area (TPSA) is 53.1 Å². The number of piperazine rings is 1. The summed E-state index contributed by atoms with van der Waals surface area (Å²) in [6.45, 7) is 6.06. The average Bonchev–Trinajstić information content (AvgIpc) is 2.99. The monoisotopic (exact) mass is 343 g/mol. The Morgan fingerprint density at radius 3 is 2.44 bits per heavy atom. The molecule has 0 radical (unpaired) electrons. The number of aryl methyl sites for hydroxylation is 1. The summed E-state index contributed by atoms with van der Waals surface area (Å²) in [6, 6.07) is 8.24. The van der Waals surface area contributed by atoms with Crippen LogP contribution in [0.3, 0.4) is 0 Å². The summed E-state index contributed by atoms with van der Waals surface area (Å²) in [5, 5.41) is 0. The van der Waals surface area contributed by atoms with E-state index in [9.17, 15) is 9.59 Å². The number of benzene rings is 1. The minimum absolute atomic E-state index is 0.0663. The Balaban J connectivity index is 1.43. The van der Waals surface area contributed by atoms with E-state index < -0.39 is 0 Å². The smallest absolute Gasteiger partial charge is 0.320 e. The minimum atomic E-state index is 0.0663. The predicted octanol–water partition coefficient (Wildman–Crippen LogP) is 1.74. The SMILES string of the molecule is Cc1ccc(C(=O)N2CCN3C(=O)N(C4CCOCC4)C[C@H]3C2)cc1. The molecule has 0 N–H and O–H groups in total. The first-order valence-electron chi connectivity index (χ1n) is 9.14. The second kappa shape index (κ2) is 6.67. The van der Waals surface area contributed by atoms with Gasteiger partial charge in [-0.3, -0.25) is 4.79 Å². The maximum Gasteiger partial charge on any atom is 0.320 e. The first-order valence-corrected chi connectivity index (χ1v) is 9.14. The largest absolute Gasteiger partial charge is 0.381 e. The van der Waals surface area contributed by atoms with Gasteiger partial charge in [0.05, 0.1) is 6.04 Å². The molecule has 3 heterocycles. The number of ether oxygens (including phenoxy) is 1. The van der Waals surface area contributed by atoms with Crippen LogP contribution in [0.5, 0.6) is 0 Å². The Kier molecular flexibility index (Phi) is 4.37. The number of nitrogens with zero attached hydrogens (tertiary/aromatic N) is 3. The maximum atomic E-state index is 12.8. The van der Waals surface area contributed by atoms with Gasteiger partial charge in [0.1, 0.15) is 0 Å². The lowest BCUT2D eigenvalue weighted by Crippen LogP contribution is -2.53. The zero-order chi connectivity index (χ0) is 17.4. The first kappa shape index (κ1) is 16.4. The number of hydrogen-bond acceptors (Lipinski definition) is 3. The predicted molar refractivity (Wildman–Crippen MR) is 93.5 cm³/mol. The molecular weight excluding hydrogens is 318 g/mol. The van der Waals surface area contributed by atoms with E-state index in [1.807, 2.05) is 45.9 Å². The minimum Gasteiger partial charge on any atom is -0.381 e. The van der Waals surface area contributed by atoms with Crippen LogP contribution in [-0.2, 0) is 4.74 Å². The zero-order valence-electron chi connectivity index (χ0n) is 14.7. The maximum absolute atomic E-state index is 12.8. The van der Waals surface area contributed by atoms with Crippen LogP contribution >= 0.6 is 0 Å². The van der Waals surface area contributed by atoms with E-state index in [4.69, 9.17) is 4.74 Å². The normalized spacial score (nSPS) is 24.6. The molecule has 0 aliphatic carbocycles. The van der Waals surface area contributed by atoms with E-state index in [0.29, 0.717) is 19.6 Å². The van der Waals surface area contributed by atoms with E-state index in [1.54, 1.807) is 0 Å². The quantitative estimate of drug-likeness (QED) is 0.822. The molecule has 3 aliphatic rings. The summed E-state index contributed by atoms with van der Waals surface area (Å²) in [5.41, 5.74) is 1.87. The number of carbonyl (C=O) groups is 2. The number of fused-ring (bicyclic) bond motifs is 1. The molecule has 3 saturated heterocycles. The fraction of sp³-hybridized carbons (Fsp3) is 0.579. The standard InChI is InChI=1S/C19H25N3O3/c1-14-2-4-15(5-3-14)18(23)20-8-9-21-17(12-20)13-22(19(21)24)16-6-10-25-11-7-16/h2-5,16-17H,6-13H2,1H3/t17-/m1/s1. The zero-order valence-corrected chi connectivity index (χ0v) is 14.7. The number of urea groups is 1. The summed E-state index contributed by atoms with van der Waals surface area (Å²) < 4.78 is 5.41. The molecule has 3 fully saturated rings. The lowest BCUT2D eigenvalue weighted by molar-refractivity contribution is 0.0504. The molecule has 1 atom stereocenters. The van der Waals surface area contributed by atoms with Crippen molar-refractivity contribution in [3.8, 4) is 0 Å². The molecule has 1 aromatic rings. The molecule has 3 aliphatic heterocycles. The molecule has 3 amide bonds. The van der Waals surface area contributed by atoms with E-state index >= 15 is 0 Å². The van der Waals surface area contributed by atoms with Gasteiger partial charge in [0.15, 0.2) is 0 Å². The van der Waals surface area contributed by atoms with Crippen molar-refractivity contribution in [3.05, 3.63) is 35.4 Å². The van der Waals surface area contributed by atoms with Crippen molar-refractivity contribution in [2.24, 2.45) is 0 Å². The highest BCUT2D eigenvalue weighted by atomic mass is 16.5. The average molecular weight is 343 g/mol. The highest BCUT2D eigenvalue weighted by Crippen LogP contribution is 2.26. The molecule has 0 spiro atoms. The van der Waals surface area contributed by atoms with E-state index in [-0.39, 0.29) is 24.0 Å². The molecule has 6 heteroatoms. The van der Waals surface area contributed by atoms with Crippen LogP contribution in [0.15, 0.2) is 24.3 Å². The molecule has 4 rings (SSSR count). The van der Waals surface area contributed by atoms with E-state index in [1.165, 1.54) is 0 Å². The van der Waals surface area contributed by atoms with Gasteiger partial charge in [-0.25, -0.2) is 4.79 Å². The Morgan fingerprint density at radius 1 is 1.00 bits per heavy atom. The number of amides is 3. The summed E-state index contributed by atoms with van der Waals surface area (Å²) in [4.78, 5) is 31.3. The Hall–Kier alpha value is -2.08. The van der Waals surface area contributed by atoms with Gasteiger partial charge in [-0.05, 0) is 31.9 Å². The van der Waals surface area contributed by atoms with Gasteiger partial charge in [0.2, 0.25) is 0 Å². The Morgan fingerprint density at radius 2 is 1.72 bits per heavy atom. The van der Waals surface area contributed by atoms with E-state index in [2.05, 4.69) is 0 Å². The van der Waals surface area contributed by atoms with Gasteiger partial charge in [-0.1, -0.05) is 17.7 Å². The van der Waals surface area contributed by atoms with Gasteiger partial charge in [-0.15, -0.1) is 0 Å². The highest BCUT2D eigenvalue weighted by molar-refractivity contribution is 5.94. The van der Waals surface area contributed by atoms with Gasteiger partial charge in [0, 0.05) is 51.0 Å². The summed E-state index contributed by atoms with van der Waals surface area (Å²) in [5.74, 6) is 0.0663. The molecule has 0 unspecified atom stereocenters. The van der Waals surface area contributed by atoms with Crippen LogP contribution in [0.25, 0.3) is 0 Å². The first-order chi connectivity index (χ1) is 12.1. The fourth-order valence-electron chi connectivity index (χ4n) is 4.10. The van der Waals surface area contributed by atoms with Crippen LogP contribution in [0.2, 0.25) is 0 Å². The summed E-state index contributed by atoms with van der Waals surface area (Å²) in [7, 11) is 0. The van der Waals surface area contributed by atoms with Crippen molar-refractivity contribution in [3.63, 3.8) is 0 Å². The third-order valence-electron chi connectivity index (χ3n) is 5.60. The lowest BCUT2D eigenvalue weighted by atomic mass is 10.1. The van der Waals surface area contributed by atoms with Crippen molar-refractivity contribution >= 4 is 11.9 Å². The molecule has 6 nitrogen and oxygen atoms in total. The molecule has 25 heavy (non-hydrogen) atoms. The third kappa shape index (κ3) is 3.11. The highest BCUT2D eigenvalue weighted by Gasteiger charge is 2.44. The van der Waals surface area contributed by atoms with Crippen molar-refractivity contribution < 1.29 is 14.3 Å². The van der Waals surface area contributed by atoms with Crippen molar-refractivity contribution in [1.29, 1.82) is 0 Å². The van der Waals surface area contributed by atoms with Gasteiger partial charge in [-0.2, -0.15) is 0 Å². The van der Waals surface area contributed by atoms with Crippen molar-refractivity contribution in [1.82, 2.24) is 14.7 Å². The molecular formula is C19H25N3O3. The molecule has 1 aromatic carbocycles. The van der Waals surface area contributed by atoms with Crippen LogP contribution in [0.4, 0.5) is 4.79 Å². The van der Waals surface area contributed by atoms with Gasteiger partial charge in [0.25, 0.3) is 5.91 Å². The van der Waals surface area contributed by atoms with E-state index in [0.717, 1.165) is 43.7 Å². The van der Waals surface area contributed by atoms with Gasteiger partial charge >= 0.3 is 6.03 Å². The Bertz CT molecular complexity index is 654. The van der Waals surface area contributed by atoms with Crippen molar-refractivity contribution in [2.75, 3.05) is 39.4 Å². The fourth-order valence-corrected chi connectivity index (χ4v) is 4.10. The molecule has 134 valence electrons. The second-order valence-corrected chi connectivity index (χ2v) is 7.24. The van der Waals surface area contributed by atoms with Crippen LogP contribution < -0.4 is 0 Å². The third-order valence-corrected chi connectivity index (χ3v) is 5.60.